The number of aryl methyl sites for hydroxylation is 1. The average molecular weight is 441 g/mol. The highest BCUT2D eigenvalue weighted by molar-refractivity contribution is 6.32. The van der Waals surface area contributed by atoms with Crippen LogP contribution in [0.3, 0.4) is 0 Å². The Bertz CT molecular complexity index is 1150. The van der Waals surface area contributed by atoms with E-state index in [9.17, 15) is 13.2 Å². The summed E-state index contributed by atoms with van der Waals surface area (Å²) in [4.78, 5) is 4.41. The lowest BCUT2D eigenvalue weighted by molar-refractivity contribution is -0.187. The molecular formula is C21H17ClF4N2O2. The topological polar surface area (TPSA) is 60.7 Å². The molecule has 1 aliphatic heterocycles. The van der Waals surface area contributed by atoms with Gasteiger partial charge in [-0.25, -0.2) is 4.39 Å². The standard InChI is InChI=1S/C21H17ClF4N2O2/c1-10-12(8-13-15(27)4-3-5-16(13)28-10)17(20(9-30-20)21(24,25)26)11-6-7-14(22)19(29-2)18(11)23/h3-8,17H,9,27H2,1-2H3. The number of ether oxygens (including phenoxy) is 2. The van der Waals surface area contributed by atoms with Crippen LogP contribution in [-0.4, -0.2) is 30.5 Å². The van der Waals surface area contributed by atoms with E-state index in [0.717, 1.165) is 0 Å². The molecule has 0 spiro atoms. The van der Waals surface area contributed by atoms with Crippen LogP contribution in [0.4, 0.5) is 23.2 Å². The maximum atomic E-state index is 15.3. The highest BCUT2D eigenvalue weighted by atomic mass is 35.5. The molecule has 4 rings (SSSR count). The second kappa shape index (κ2) is 6.99. The fourth-order valence-electron chi connectivity index (χ4n) is 3.82. The molecule has 0 amide bonds. The van der Waals surface area contributed by atoms with Gasteiger partial charge in [0.15, 0.2) is 17.2 Å². The quantitative estimate of drug-likeness (QED) is 0.336. The normalized spacial score (nSPS) is 19.7. The van der Waals surface area contributed by atoms with Crippen molar-refractivity contribution in [2.24, 2.45) is 0 Å². The summed E-state index contributed by atoms with van der Waals surface area (Å²) in [6.45, 7) is 0.968. The number of fused-ring (bicyclic) bond motifs is 1. The number of hydrogen-bond donors (Lipinski definition) is 1. The number of epoxide rings is 1. The molecule has 2 aromatic carbocycles. The molecule has 1 aromatic heterocycles. The summed E-state index contributed by atoms with van der Waals surface area (Å²) >= 11 is 5.95. The van der Waals surface area contributed by atoms with Crippen molar-refractivity contribution in [1.82, 2.24) is 4.98 Å². The third kappa shape index (κ3) is 3.06. The predicted octanol–water partition coefficient (Wildman–Crippen LogP) is 5.39. The number of halogens is 5. The van der Waals surface area contributed by atoms with Crippen LogP contribution in [0.1, 0.15) is 22.7 Å². The second-order valence-electron chi connectivity index (χ2n) is 7.17. The lowest BCUT2D eigenvalue weighted by atomic mass is 9.78. The molecule has 1 fully saturated rings. The molecule has 0 saturated carbocycles. The zero-order valence-corrected chi connectivity index (χ0v) is 16.7. The van der Waals surface area contributed by atoms with Crippen LogP contribution in [0.2, 0.25) is 5.02 Å². The van der Waals surface area contributed by atoms with Gasteiger partial charge in [0.2, 0.25) is 0 Å². The first kappa shape index (κ1) is 20.7. The number of nitrogen functional groups attached to an aromatic ring is 1. The number of nitrogens with two attached hydrogens (primary N) is 1. The van der Waals surface area contributed by atoms with Crippen molar-refractivity contribution in [1.29, 1.82) is 0 Å². The Kier molecular flexibility index (Phi) is 4.82. The fourth-order valence-corrected chi connectivity index (χ4v) is 4.05. The minimum Gasteiger partial charge on any atom is -0.492 e. The number of nitrogens with zero attached hydrogens (tertiary/aromatic N) is 1. The Balaban J connectivity index is 2.03. The van der Waals surface area contributed by atoms with Crippen molar-refractivity contribution in [3.63, 3.8) is 0 Å². The fraction of sp³-hybridized carbons (Fsp3) is 0.286. The smallest absolute Gasteiger partial charge is 0.420 e. The molecule has 0 bridgehead atoms. The number of benzene rings is 2. The monoisotopic (exact) mass is 440 g/mol. The van der Waals surface area contributed by atoms with Crippen molar-refractivity contribution in [2.45, 2.75) is 24.6 Å². The maximum absolute atomic E-state index is 15.3. The van der Waals surface area contributed by atoms with E-state index in [1.54, 1.807) is 25.1 Å². The van der Waals surface area contributed by atoms with Crippen molar-refractivity contribution in [3.05, 3.63) is 64.1 Å². The molecular weight excluding hydrogens is 424 g/mol. The minimum atomic E-state index is -4.75. The van der Waals surface area contributed by atoms with Gasteiger partial charge in [-0.15, -0.1) is 0 Å². The zero-order chi connectivity index (χ0) is 21.8. The van der Waals surface area contributed by atoms with E-state index in [1.807, 2.05) is 0 Å². The van der Waals surface area contributed by atoms with E-state index in [0.29, 0.717) is 22.3 Å². The SMILES string of the molecule is COc1c(Cl)ccc(C(c2cc3c(N)cccc3nc2C)C2(C(F)(F)F)CO2)c1F. The summed E-state index contributed by atoms with van der Waals surface area (Å²) in [6, 6.07) is 9.07. The van der Waals surface area contributed by atoms with Gasteiger partial charge in [-0.3, -0.25) is 4.98 Å². The van der Waals surface area contributed by atoms with E-state index in [4.69, 9.17) is 26.8 Å². The van der Waals surface area contributed by atoms with Crippen molar-refractivity contribution < 1.29 is 27.0 Å². The Hall–Kier alpha value is -2.58. The molecule has 2 atom stereocenters. The van der Waals surface area contributed by atoms with Gasteiger partial charge in [0.1, 0.15) is 0 Å². The number of alkyl halides is 3. The summed E-state index contributed by atoms with van der Waals surface area (Å²) in [6.07, 6.45) is -4.75. The Labute approximate surface area is 174 Å². The molecule has 30 heavy (non-hydrogen) atoms. The first-order valence-corrected chi connectivity index (χ1v) is 9.37. The first-order chi connectivity index (χ1) is 14.1. The lowest BCUT2D eigenvalue weighted by Gasteiger charge is -2.29. The summed E-state index contributed by atoms with van der Waals surface area (Å²) < 4.78 is 67.5. The summed E-state index contributed by atoms with van der Waals surface area (Å²) in [5.74, 6) is -2.84. The number of methoxy groups -OCH3 is 1. The summed E-state index contributed by atoms with van der Waals surface area (Å²) in [7, 11) is 1.19. The number of aromatic nitrogens is 1. The van der Waals surface area contributed by atoms with Crippen LogP contribution in [0.15, 0.2) is 36.4 Å². The van der Waals surface area contributed by atoms with Crippen molar-refractivity contribution in [2.75, 3.05) is 19.5 Å². The summed E-state index contributed by atoms with van der Waals surface area (Å²) in [5, 5.41) is 0.426. The van der Waals surface area contributed by atoms with Gasteiger partial charge in [0.25, 0.3) is 0 Å². The Morgan fingerprint density at radius 1 is 1.23 bits per heavy atom. The minimum absolute atomic E-state index is 0.0483. The Morgan fingerprint density at radius 3 is 2.53 bits per heavy atom. The largest absolute Gasteiger partial charge is 0.492 e. The van der Waals surface area contributed by atoms with Crippen molar-refractivity contribution in [3.8, 4) is 5.75 Å². The van der Waals surface area contributed by atoms with Crippen molar-refractivity contribution >= 4 is 28.2 Å². The molecule has 9 heteroatoms. The maximum Gasteiger partial charge on any atom is 0.420 e. The van der Waals surface area contributed by atoms with Gasteiger partial charge in [0.05, 0.1) is 30.2 Å². The van der Waals surface area contributed by atoms with Gasteiger partial charge >= 0.3 is 6.18 Å². The average Bonchev–Trinajstić information content (AvgIpc) is 3.47. The van der Waals surface area contributed by atoms with Gasteiger partial charge in [-0.05, 0) is 36.8 Å². The molecule has 3 aromatic rings. The molecule has 1 saturated heterocycles. The molecule has 4 nitrogen and oxygen atoms in total. The van der Waals surface area contributed by atoms with Crippen LogP contribution in [0, 0.1) is 12.7 Å². The van der Waals surface area contributed by atoms with E-state index in [-0.39, 0.29) is 21.9 Å². The molecule has 1 aliphatic rings. The highest BCUT2D eigenvalue weighted by Crippen LogP contribution is 2.57. The predicted molar refractivity (Wildman–Crippen MR) is 105 cm³/mol. The molecule has 0 aliphatic carbocycles. The molecule has 2 unspecified atom stereocenters. The van der Waals surface area contributed by atoms with Crippen LogP contribution < -0.4 is 10.5 Å². The first-order valence-electron chi connectivity index (χ1n) is 8.99. The van der Waals surface area contributed by atoms with Crippen LogP contribution in [0.25, 0.3) is 10.9 Å². The number of anilines is 1. The van der Waals surface area contributed by atoms with Gasteiger partial charge < -0.3 is 15.2 Å². The third-order valence-electron chi connectivity index (χ3n) is 5.43. The number of pyridine rings is 1. The molecule has 0 radical (unpaired) electrons. The second-order valence-corrected chi connectivity index (χ2v) is 7.58. The van der Waals surface area contributed by atoms with Crippen LogP contribution in [0.5, 0.6) is 5.75 Å². The molecule has 158 valence electrons. The van der Waals surface area contributed by atoms with E-state index < -0.39 is 30.1 Å². The van der Waals surface area contributed by atoms with E-state index in [1.165, 1.54) is 25.3 Å². The van der Waals surface area contributed by atoms with Gasteiger partial charge in [-0.2, -0.15) is 13.2 Å². The van der Waals surface area contributed by atoms with Gasteiger partial charge in [-0.1, -0.05) is 23.7 Å². The van der Waals surface area contributed by atoms with E-state index in [2.05, 4.69) is 4.98 Å². The Morgan fingerprint density at radius 2 is 1.93 bits per heavy atom. The number of hydrogen-bond acceptors (Lipinski definition) is 4. The lowest BCUT2D eigenvalue weighted by Crippen LogP contribution is -2.40. The summed E-state index contributed by atoms with van der Waals surface area (Å²) in [5.41, 5.74) is 4.54. The molecule has 2 N–H and O–H groups in total. The zero-order valence-electron chi connectivity index (χ0n) is 16.0. The molecule has 2 heterocycles. The van der Waals surface area contributed by atoms with Crippen LogP contribution >= 0.6 is 11.6 Å². The highest BCUT2D eigenvalue weighted by Gasteiger charge is 2.71. The van der Waals surface area contributed by atoms with Crippen LogP contribution in [-0.2, 0) is 4.74 Å². The van der Waals surface area contributed by atoms with Gasteiger partial charge in [0, 0.05) is 22.3 Å². The third-order valence-corrected chi connectivity index (χ3v) is 5.73. The van der Waals surface area contributed by atoms with E-state index >= 15 is 4.39 Å². The number of rotatable bonds is 4.